The summed E-state index contributed by atoms with van der Waals surface area (Å²) >= 11 is 0. The van der Waals surface area contributed by atoms with Crippen LogP contribution in [0.25, 0.3) is 0 Å². The van der Waals surface area contributed by atoms with Gasteiger partial charge in [-0.2, -0.15) is 13.2 Å². The smallest absolute Gasteiger partial charge is 0.318 e. The molecule has 0 aliphatic carbocycles. The maximum Gasteiger partial charge on any atom is 0.416 e. The number of nitrogens with one attached hydrogen (secondary N) is 2. The Bertz CT molecular complexity index is 813. The maximum absolute atomic E-state index is 12.5. The Kier molecular flexibility index (Phi) is 5.69. The number of carbonyl (C=O) groups excluding carboxylic acids is 2. The van der Waals surface area contributed by atoms with Crippen LogP contribution >= 0.6 is 0 Å². The van der Waals surface area contributed by atoms with Crippen LogP contribution in [0.5, 0.6) is 0 Å². The standard InChI is InChI=1S/C19H19F3N2O2/c1-11(2)15-6-4-5-12(3)16(15)24-18(26)17(25)23-14-9-7-13(8-10-14)19(20,21)22/h4-11H,1-3H3,(H,23,25)(H,24,26). The average molecular weight is 364 g/mol. The van der Waals surface area contributed by atoms with Crippen LogP contribution in [0.4, 0.5) is 24.5 Å². The van der Waals surface area contributed by atoms with E-state index in [2.05, 4.69) is 10.6 Å². The van der Waals surface area contributed by atoms with Crippen molar-refractivity contribution in [3.63, 3.8) is 0 Å². The van der Waals surface area contributed by atoms with E-state index in [-0.39, 0.29) is 11.6 Å². The number of halogens is 3. The Morgan fingerprint density at radius 2 is 1.50 bits per heavy atom. The Labute approximate surface area is 149 Å². The summed E-state index contributed by atoms with van der Waals surface area (Å²) in [4.78, 5) is 24.2. The van der Waals surface area contributed by atoms with E-state index >= 15 is 0 Å². The number of rotatable bonds is 3. The predicted octanol–water partition coefficient (Wildman–Crippen LogP) is 4.71. The number of hydrogen-bond acceptors (Lipinski definition) is 2. The second-order valence-corrected chi connectivity index (χ2v) is 6.18. The highest BCUT2D eigenvalue weighted by Gasteiger charge is 2.30. The van der Waals surface area contributed by atoms with Gasteiger partial charge in [-0.25, -0.2) is 0 Å². The molecule has 2 aromatic carbocycles. The third-order valence-corrected chi connectivity index (χ3v) is 3.84. The summed E-state index contributed by atoms with van der Waals surface area (Å²) in [7, 11) is 0. The minimum atomic E-state index is -4.46. The van der Waals surface area contributed by atoms with E-state index in [1.165, 1.54) is 0 Å². The summed E-state index contributed by atoms with van der Waals surface area (Å²) < 4.78 is 37.6. The molecule has 0 fully saturated rings. The van der Waals surface area contributed by atoms with E-state index in [1.807, 2.05) is 39.0 Å². The third kappa shape index (κ3) is 4.62. The molecule has 0 saturated heterocycles. The summed E-state index contributed by atoms with van der Waals surface area (Å²) in [5, 5.41) is 4.88. The van der Waals surface area contributed by atoms with E-state index < -0.39 is 23.6 Å². The van der Waals surface area contributed by atoms with Gasteiger partial charge in [-0.15, -0.1) is 0 Å². The monoisotopic (exact) mass is 364 g/mol. The normalized spacial score (nSPS) is 11.3. The van der Waals surface area contributed by atoms with Gasteiger partial charge < -0.3 is 10.6 Å². The number of anilines is 2. The molecule has 0 atom stereocenters. The van der Waals surface area contributed by atoms with Crippen molar-refractivity contribution in [3.05, 3.63) is 59.2 Å². The van der Waals surface area contributed by atoms with Crippen LogP contribution in [0, 0.1) is 6.92 Å². The number of alkyl halides is 3. The van der Waals surface area contributed by atoms with Crippen molar-refractivity contribution in [2.45, 2.75) is 32.9 Å². The number of hydrogen-bond donors (Lipinski definition) is 2. The molecule has 0 heterocycles. The number of para-hydroxylation sites is 1. The summed E-state index contributed by atoms with van der Waals surface area (Å²) in [6.45, 7) is 5.74. The zero-order valence-electron chi connectivity index (χ0n) is 14.6. The first-order valence-electron chi connectivity index (χ1n) is 7.98. The van der Waals surface area contributed by atoms with E-state index in [0.29, 0.717) is 5.69 Å². The first-order valence-corrected chi connectivity index (χ1v) is 7.98. The fourth-order valence-electron chi connectivity index (χ4n) is 2.44. The fraction of sp³-hybridized carbons (Fsp3) is 0.263. The van der Waals surface area contributed by atoms with E-state index in [4.69, 9.17) is 0 Å². The molecular weight excluding hydrogens is 345 g/mol. The van der Waals surface area contributed by atoms with Gasteiger partial charge in [-0.3, -0.25) is 9.59 Å². The van der Waals surface area contributed by atoms with Gasteiger partial charge in [0.1, 0.15) is 0 Å². The molecule has 0 spiro atoms. The SMILES string of the molecule is Cc1cccc(C(C)C)c1NC(=O)C(=O)Nc1ccc(C(F)(F)F)cc1. The molecule has 26 heavy (non-hydrogen) atoms. The zero-order valence-corrected chi connectivity index (χ0v) is 14.6. The van der Waals surface area contributed by atoms with E-state index in [0.717, 1.165) is 35.4 Å². The third-order valence-electron chi connectivity index (χ3n) is 3.84. The van der Waals surface area contributed by atoms with Crippen LogP contribution in [0.1, 0.15) is 36.5 Å². The van der Waals surface area contributed by atoms with Gasteiger partial charge >= 0.3 is 18.0 Å². The molecule has 2 aromatic rings. The molecular formula is C19H19F3N2O2. The summed E-state index contributed by atoms with van der Waals surface area (Å²) in [5.41, 5.74) is 1.54. The Morgan fingerprint density at radius 1 is 0.923 bits per heavy atom. The second kappa shape index (κ2) is 7.59. The highest BCUT2D eigenvalue weighted by atomic mass is 19.4. The molecule has 0 bridgehead atoms. The molecule has 0 aliphatic rings. The molecule has 4 nitrogen and oxygen atoms in total. The zero-order chi connectivity index (χ0) is 19.5. The van der Waals surface area contributed by atoms with Gasteiger partial charge in [-0.05, 0) is 48.2 Å². The van der Waals surface area contributed by atoms with Gasteiger partial charge in [0, 0.05) is 11.4 Å². The predicted molar refractivity (Wildman–Crippen MR) is 94.0 cm³/mol. The number of benzene rings is 2. The van der Waals surface area contributed by atoms with Crippen LogP contribution in [-0.4, -0.2) is 11.8 Å². The minimum absolute atomic E-state index is 0.104. The van der Waals surface area contributed by atoms with Crippen molar-refractivity contribution in [1.29, 1.82) is 0 Å². The van der Waals surface area contributed by atoms with Crippen LogP contribution in [0.3, 0.4) is 0 Å². The van der Waals surface area contributed by atoms with Crippen LogP contribution in [0.2, 0.25) is 0 Å². The quantitative estimate of drug-likeness (QED) is 0.775. The van der Waals surface area contributed by atoms with Crippen molar-refractivity contribution in [1.82, 2.24) is 0 Å². The molecule has 7 heteroatoms. The Morgan fingerprint density at radius 3 is 2.04 bits per heavy atom. The molecule has 0 saturated carbocycles. The van der Waals surface area contributed by atoms with Gasteiger partial charge in [-0.1, -0.05) is 32.0 Å². The van der Waals surface area contributed by atoms with Crippen molar-refractivity contribution in [2.24, 2.45) is 0 Å². The lowest BCUT2D eigenvalue weighted by atomic mass is 9.98. The van der Waals surface area contributed by atoms with Crippen molar-refractivity contribution in [3.8, 4) is 0 Å². The summed E-state index contributed by atoms with van der Waals surface area (Å²) in [6, 6.07) is 9.42. The van der Waals surface area contributed by atoms with E-state index in [9.17, 15) is 22.8 Å². The molecule has 0 aliphatic heterocycles. The Balaban J connectivity index is 2.11. The molecule has 0 unspecified atom stereocenters. The highest BCUT2D eigenvalue weighted by Crippen LogP contribution is 2.30. The van der Waals surface area contributed by atoms with Crippen molar-refractivity contribution in [2.75, 3.05) is 10.6 Å². The molecule has 2 amide bonds. The summed E-state index contributed by atoms with van der Waals surface area (Å²) in [5.74, 6) is -1.70. The van der Waals surface area contributed by atoms with Crippen molar-refractivity contribution >= 4 is 23.2 Å². The summed E-state index contributed by atoms with van der Waals surface area (Å²) in [6.07, 6.45) is -4.46. The van der Waals surface area contributed by atoms with E-state index in [1.54, 1.807) is 0 Å². The second-order valence-electron chi connectivity index (χ2n) is 6.18. The molecule has 138 valence electrons. The number of aryl methyl sites for hydroxylation is 1. The van der Waals surface area contributed by atoms with Crippen molar-refractivity contribution < 1.29 is 22.8 Å². The largest absolute Gasteiger partial charge is 0.416 e. The molecule has 2 N–H and O–H groups in total. The topological polar surface area (TPSA) is 58.2 Å². The lowest BCUT2D eigenvalue weighted by Crippen LogP contribution is -2.29. The Hall–Kier alpha value is -2.83. The number of carbonyl (C=O) groups is 2. The maximum atomic E-state index is 12.5. The molecule has 0 radical (unpaired) electrons. The first-order chi connectivity index (χ1) is 12.1. The van der Waals surface area contributed by atoms with Gasteiger partial charge in [0.05, 0.1) is 5.56 Å². The molecule has 0 aromatic heterocycles. The van der Waals surface area contributed by atoms with Crippen LogP contribution < -0.4 is 10.6 Å². The first kappa shape index (κ1) is 19.5. The van der Waals surface area contributed by atoms with Crippen LogP contribution in [0.15, 0.2) is 42.5 Å². The van der Waals surface area contributed by atoms with Gasteiger partial charge in [0.25, 0.3) is 0 Å². The van der Waals surface area contributed by atoms with Gasteiger partial charge in [0.15, 0.2) is 0 Å². The lowest BCUT2D eigenvalue weighted by Gasteiger charge is -2.16. The highest BCUT2D eigenvalue weighted by molar-refractivity contribution is 6.43. The van der Waals surface area contributed by atoms with Gasteiger partial charge in [0.2, 0.25) is 0 Å². The minimum Gasteiger partial charge on any atom is -0.318 e. The average Bonchev–Trinajstić information content (AvgIpc) is 2.56. The molecule has 2 rings (SSSR count). The lowest BCUT2D eigenvalue weighted by molar-refractivity contribution is -0.137. The van der Waals surface area contributed by atoms with Crippen LogP contribution in [-0.2, 0) is 15.8 Å². The number of amides is 2. The fourth-order valence-corrected chi connectivity index (χ4v) is 2.44.